The van der Waals surface area contributed by atoms with E-state index in [0.29, 0.717) is 11.5 Å². The molecule has 0 spiro atoms. The number of amides is 1. The fourth-order valence-electron chi connectivity index (χ4n) is 2.97. The summed E-state index contributed by atoms with van der Waals surface area (Å²) in [4.78, 5) is 16.7. The summed E-state index contributed by atoms with van der Waals surface area (Å²) in [5.41, 5.74) is 4.18. The first-order chi connectivity index (χ1) is 14.1. The molecule has 0 aliphatic carbocycles. The molecule has 0 fully saturated rings. The molecule has 0 aliphatic heterocycles. The molecule has 158 valence electrons. The quantitative estimate of drug-likeness (QED) is 0.620. The Hall–Kier alpha value is -3.20. The molecular formula is C21H24N4O4S. The molecule has 0 atom stereocenters. The van der Waals surface area contributed by atoms with Gasteiger partial charge >= 0.3 is 0 Å². The zero-order chi connectivity index (χ0) is 21.9. The highest BCUT2D eigenvalue weighted by molar-refractivity contribution is 7.92. The van der Waals surface area contributed by atoms with E-state index in [-0.39, 0.29) is 19.0 Å². The maximum atomic E-state index is 12.4. The molecule has 3 aromatic rings. The molecule has 0 radical (unpaired) electrons. The van der Waals surface area contributed by atoms with E-state index in [0.717, 1.165) is 32.8 Å². The van der Waals surface area contributed by atoms with Crippen LogP contribution in [0.1, 0.15) is 22.6 Å². The van der Waals surface area contributed by atoms with Gasteiger partial charge in [-0.3, -0.25) is 9.10 Å². The van der Waals surface area contributed by atoms with Crippen molar-refractivity contribution in [1.29, 1.82) is 0 Å². The largest absolute Gasteiger partial charge is 0.345 e. The lowest BCUT2D eigenvalue weighted by atomic mass is 10.1. The van der Waals surface area contributed by atoms with Crippen molar-refractivity contribution in [2.75, 3.05) is 17.1 Å². The number of nitrogens with one attached hydrogen (secondary N) is 1. The van der Waals surface area contributed by atoms with E-state index in [4.69, 9.17) is 4.52 Å². The summed E-state index contributed by atoms with van der Waals surface area (Å²) in [6.07, 6.45) is 1.07. The predicted molar refractivity (Wildman–Crippen MR) is 114 cm³/mol. The number of sulfonamides is 1. The summed E-state index contributed by atoms with van der Waals surface area (Å²) in [6.45, 7) is 5.37. The van der Waals surface area contributed by atoms with Crippen LogP contribution in [0.4, 0.5) is 5.69 Å². The number of hydrogen-bond donors (Lipinski definition) is 1. The molecule has 1 heterocycles. The molecular weight excluding hydrogens is 404 g/mol. The van der Waals surface area contributed by atoms with Crippen LogP contribution in [0.3, 0.4) is 0 Å². The van der Waals surface area contributed by atoms with Crippen molar-refractivity contribution in [2.45, 2.75) is 27.3 Å². The second-order valence-corrected chi connectivity index (χ2v) is 9.12. The van der Waals surface area contributed by atoms with E-state index in [9.17, 15) is 13.2 Å². The number of anilines is 1. The molecule has 0 saturated carbocycles. The van der Waals surface area contributed by atoms with Crippen LogP contribution >= 0.6 is 0 Å². The van der Waals surface area contributed by atoms with Crippen LogP contribution in [0.2, 0.25) is 0 Å². The van der Waals surface area contributed by atoms with E-state index in [1.165, 1.54) is 0 Å². The summed E-state index contributed by atoms with van der Waals surface area (Å²) in [7, 11) is -3.65. The van der Waals surface area contributed by atoms with Gasteiger partial charge in [-0.05, 0) is 32.4 Å². The summed E-state index contributed by atoms with van der Waals surface area (Å²) in [6, 6.07) is 13.0. The van der Waals surface area contributed by atoms with Gasteiger partial charge in [0.2, 0.25) is 27.6 Å². The minimum atomic E-state index is -3.65. The van der Waals surface area contributed by atoms with E-state index in [2.05, 4.69) is 15.5 Å². The van der Waals surface area contributed by atoms with Crippen molar-refractivity contribution in [1.82, 2.24) is 15.5 Å². The molecule has 0 aliphatic rings. The van der Waals surface area contributed by atoms with Gasteiger partial charge in [0.1, 0.15) is 6.54 Å². The predicted octanol–water partition coefficient (Wildman–Crippen LogP) is 2.74. The van der Waals surface area contributed by atoms with E-state index in [1.54, 1.807) is 6.07 Å². The van der Waals surface area contributed by atoms with Crippen LogP contribution < -0.4 is 9.62 Å². The van der Waals surface area contributed by atoms with Crippen LogP contribution in [-0.4, -0.2) is 37.3 Å². The first-order valence-corrected chi connectivity index (χ1v) is 11.2. The van der Waals surface area contributed by atoms with Gasteiger partial charge in [0.05, 0.1) is 18.5 Å². The van der Waals surface area contributed by atoms with E-state index >= 15 is 0 Å². The van der Waals surface area contributed by atoms with Gasteiger partial charge in [-0.15, -0.1) is 0 Å². The Morgan fingerprint density at radius 2 is 1.73 bits per heavy atom. The SMILES string of the molecule is Cc1ccc(-c2noc(CNC(=O)CN(c3ccc(C)cc3C)S(C)(=O)=O)n2)cc1. The lowest BCUT2D eigenvalue weighted by molar-refractivity contribution is -0.119. The fraction of sp³-hybridized carbons (Fsp3) is 0.286. The zero-order valence-corrected chi connectivity index (χ0v) is 18.2. The lowest BCUT2D eigenvalue weighted by Crippen LogP contribution is -2.40. The van der Waals surface area contributed by atoms with Gasteiger partial charge in [-0.1, -0.05) is 52.7 Å². The molecule has 0 saturated heterocycles. The zero-order valence-electron chi connectivity index (χ0n) is 17.3. The topological polar surface area (TPSA) is 105 Å². The summed E-state index contributed by atoms with van der Waals surface area (Å²) in [5.74, 6) is 0.180. The molecule has 9 heteroatoms. The number of carbonyl (C=O) groups excluding carboxylic acids is 1. The third kappa shape index (κ3) is 5.24. The molecule has 1 amide bonds. The van der Waals surface area contributed by atoms with Crippen molar-refractivity contribution in [3.05, 3.63) is 65.0 Å². The number of benzene rings is 2. The highest BCUT2D eigenvalue weighted by Crippen LogP contribution is 2.23. The van der Waals surface area contributed by atoms with Crippen molar-refractivity contribution < 1.29 is 17.7 Å². The molecule has 1 N–H and O–H groups in total. The van der Waals surface area contributed by atoms with E-state index < -0.39 is 15.9 Å². The van der Waals surface area contributed by atoms with Gasteiger partial charge in [0.25, 0.3) is 0 Å². The number of hydrogen-bond acceptors (Lipinski definition) is 6. The van der Waals surface area contributed by atoms with Gasteiger partial charge in [-0.25, -0.2) is 8.42 Å². The number of nitrogens with zero attached hydrogens (tertiary/aromatic N) is 3. The minimum absolute atomic E-state index is 0.00216. The number of carbonyl (C=O) groups is 1. The average Bonchev–Trinajstić information content (AvgIpc) is 3.14. The summed E-state index contributed by atoms with van der Waals surface area (Å²) < 4.78 is 30.8. The number of aryl methyl sites for hydroxylation is 3. The maximum absolute atomic E-state index is 12.4. The van der Waals surface area contributed by atoms with Crippen LogP contribution in [-0.2, 0) is 21.4 Å². The Labute approximate surface area is 176 Å². The van der Waals surface area contributed by atoms with Crippen molar-refractivity contribution >= 4 is 21.6 Å². The molecule has 1 aromatic heterocycles. The second-order valence-electron chi connectivity index (χ2n) is 7.21. The molecule has 0 bridgehead atoms. The second kappa shape index (κ2) is 8.66. The standard InChI is InChI=1S/C21H24N4O4S/c1-14-5-8-17(9-6-14)21-23-20(29-24-21)12-22-19(26)13-25(30(4,27)28)18-10-7-15(2)11-16(18)3/h5-11H,12-13H2,1-4H3,(H,22,26). The highest BCUT2D eigenvalue weighted by atomic mass is 32.2. The Balaban J connectivity index is 1.67. The lowest BCUT2D eigenvalue weighted by Gasteiger charge is -2.23. The third-order valence-corrected chi connectivity index (χ3v) is 5.65. The first-order valence-electron chi connectivity index (χ1n) is 9.35. The van der Waals surface area contributed by atoms with Gasteiger partial charge in [0, 0.05) is 5.56 Å². The Bertz CT molecular complexity index is 1150. The normalized spacial score (nSPS) is 11.3. The molecule has 2 aromatic carbocycles. The highest BCUT2D eigenvalue weighted by Gasteiger charge is 2.22. The Morgan fingerprint density at radius 3 is 2.37 bits per heavy atom. The summed E-state index contributed by atoms with van der Waals surface area (Å²) >= 11 is 0. The van der Waals surface area contributed by atoms with Crippen molar-refractivity contribution in [3.8, 4) is 11.4 Å². The molecule has 8 nitrogen and oxygen atoms in total. The van der Waals surface area contributed by atoms with Gasteiger partial charge in [-0.2, -0.15) is 4.98 Å². The Kier molecular flexibility index (Phi) is 6.21. The van der Waals surface area contributed by atoms with Gasteiger partial charge < -0.3 is 9.84 Å². The number of aromatic nitrogens is 2. The fourth-order valence-corrected chi connectivity index (χ4v) is 3.89. The minimum Gasteiger partial charge on any atom is -0.345 e. The van der Waals surface area contributed by atoms with Crippen LogP contribution in [0, 0.1) is 20.8 Å². The third-order valence-electron chi connectivity index (χ3n) is 4.52. The molecule has 3 rings (SSSR count). The molecule has 30 heavy (non-hydrogen) atoms. The Morgan fingerprint density at radius 1 is 1.07 bits per heavy atom. The smallest absolute Gasteiger partial charge is 0.246 e. The molecule has 0 unspecified atom stereocenters. The average molecular weight is 429 g/mol. The summed E-state index contributed by atoms with van der Waals surface area (Å²) in [5, 5.41) is 6.55. The van der Waals surface area contributed by atoms with Gasteiger partial charge in [0.15, 0.2) is 0 Å². The van der Waals surface area contributed by atoms with E-state index in [1.807, 2.05) is 57.2 Å². The van der Waals surface area contributed by atoms with Crippen LogP contribution in [0.25, 0.3) is 11.4 Å². The van der Waals surface area contributed by atoms with Crippen molar-refractivity contribution in [2.24, 2.45) is 0 Å². The number of rotatable bonds is 7. The maximum Gasteiger partial charge on any atom is 0.246 e. The van der Waals surface area contributed by atoms with Crippen LogP contribution in [0.15, 0.2) is 47.0 Å². The monoisotopic (exact) mass is 428 g/mol. The van der Waals surface area contributed by atoms with Crippen molar-refractivity contribution in [3.63, 3.8) is 0 Å². The van der Waals surface area contributed by atoms with Crippen LogP contribution in [0.5, 0.6) is 0 Å². The first kappa shape index (κ1) is 21.5.